The normalized spacial score (nSPS) is 11.6. The van der Waals surface area contributed by atoms with Gasteiger partial charge in [-0.05, 0) is 48.3 Å². The fraction of sp³-hybridized carbons (Fsp3) is 0.263. The first kappa shape index (κ1) is 23.0. The number of hydrogen-bond donors (Lipinski definition) is 2. The molecular formula is C19H19Cl2N3O4S. The zero-order valence-corrected chi connectivity index (χ0v) is 17.8. The number of halogens is 2. The Kier molecular flexibility index (Phi) is 8.75. The van der Waals surface area contributed by atoms with E-state index >= 15 is 0 Å². The van der Waals surface area contributed by atoms with Crippen LogP contribution in [0.1, 0.15) is 22.3 Å². The van der Waals surface area contributed by atoms with Crippen molar-refractivity contribution in [2.45, 2.75) is 19.0 Å². The average molecular weight is 456 g/mol. The first-order valence-electron chi connectivity index (χ1n) is 8.57. The van der Waals surface area contributed by atoms with Crippen LogP contribution in [0.2, 0.25) is 10.0 Å². The molecule has 0 heterocycles. The summed E-state index contributed by atoms with van der Waals surface area (Å²) in [6.45, 7) is 0.261. The number of thioether (sulfide) groups is 1. The van der Waals surface area contributed by atoms with Crippen molar-refractivity contribution in [1.29, 1.82) is 0 Å². The summed E-state index contributed by atoms with van der Waals surface area (Å²) in [5.41, 5.74) is 0.511. The molecule has 0 radical (unpaired) electrons. The van der Waals surface area contributed by atoms with Gasteiger partial charge >= 0.3 is 0 Å². The minimum absolute atomic E-state index is 0.0536. The summed E-state index contributed by atoms with van der Waals surface area (Å²) in [4.78, 5) is 35.5. The Morgan fingerprint density at radius 2 is 1.97 bits per heavy atom. The summed E-state index contributed by atoms with van der Waals surface area (Å²) in [5, 5.41) is 16.9. The van der Waals surface area contributed by atoms with Crippen molar-refractivity contribution in [3.8, 4) is 0 Å². The zero-order chi connectivity index (χ0) is 21.4. The second-order valence-corrected chi connectivity index (χ2v) is 7.91. The monoisotopic (exact) mass is 455 g/mol. The van der Waals surface area contributed by atoms with Crippen LogP contribution < -0.4 is 10.6 Å². The molecule has 0 bridgehead atoms. The molecule has 2 rings (SSSR count). The lowest BCUT2D eigenvalue weighted by Gasteiger charge is -2.18. The minimum Gasteiger partial charge on any atom is -0.350 e. The molecule has 0 spiro atoms. The molecule has 10 heteroatoms. The summed E-state index contributed by atoms with van der Waals surface area (Å²) in [7, 11) is 0. The van der Waals surface area contributed by atoms with E-state index < -0.39 is 16.9 Å². The number of carbonyl (C=O) groups excluding carboxylic acids is 2. The van der Waals surface area contributed by atoms with Gasteiger partial charge in [-0.15, -0.1) is 0 Å². The Morgan fingerprint density at radius 1 is 1.21 bits per heavy atom. The van der Waals surface area contributed by atoms with E-state index in [-0.39, 0.29) is 28.7 Å². The molecule has 0 unspecified atom stereocenters. The Morgan fingerprint density at radius 3 is 2.62 bits per heavy atom. The number of nitro benzene ring substituents is 1. The third kappa shape index (κ3) is 6.92. The fourth-order valence-electron chi connectivity index (χ4n) is 2.50. The van der Waals surface area contributed by atoms with Crippen molar-refractivity contribution in [1.82, 2.24) is 10.6 Å². The van der Waals surface area contributed by atoms with Gasteiger partial charge < -0.3 is 10.6 Å². The van der Waals surface area contributed by atoms with E-state index in [1.54, 1.807) is 18.2 Å². The lowest BCUT2D eigenvalue weighted by molar-refractivity contribution is -0.384. The van der Waals surface area contributed by atoms with Gasteiger partial charge in [0.2, 0.25) is 5.91 Å². The van der Waals surface area contributed by atoms with E-state index in [9.17, 15) is 19.7 Å². The number of amides is 2. The molecule has 2 N–H and O–H groups in total. The second-order valence-electron chi connectivity index (χ2n) is 6.08. The first-order chi connectivity index (χ1) is 13.8. The predicted octanol–water partition coefficient (Wildman–Crippen LogP) is 4.07. The van der Waals surface area contributed by atoms with Crippen LogP contribution in [0, 0.1) is 10.1 Å². The summed E-state index contributed by atoms with van der Waals surface area (Å²) in [6.07, 6.45) is 2.30. The SMILES string of the molecule is CSCC[C@@H](NC(=O)c1ccc(Cl)c([N+](=O)[O-])c1)C(=O)NCc1cccc(Cl)c1. The Bertz CT molecular complexity index is 911. The summed E-state index contributed by atoms with van der Waals surface area (Å²) in [5.74, 6) is -0.291. The van der Waals surface area contributed by atoms with E-state index in [4.69, 9.17) is 23.2 Å². The zero-order valence-electron chi connectivity index (χ0n) is 15.5. The lowest BCUT2D eigenvalue weighted by atomic mass is 10.1. The van der Waals surface area contributed by atoms with Gasteiger partial charge in [0.15, 0.2) is 0 Å². The van der Waals surface area contributed by atoms with E-state index in [1.807, 2.05) is 12.3 Å². The Balaban J connectivity index is 2.08. The van der Waals surface area contributed by atoms with Crippen molar-refractivity contribution in [2.75, 3.05) is 12.0 Å². The highest BCUT2D eigenvalue weighted by Gasteiger charge is 2.23. The van der Waals surface area contributed by atoms with Gasteiger partial charge in [-0.2, -0.15) is 11.8 Å². The van der Waals surface area contributed by atoms with Crippen LogP contribution in [0.5, 0.6) is 0 Å². The number of nitrogens with one attached hydrogen (secondary N) is 2. The molecule has 1 atom stereocenters. The van der Waals surface area contributed by atoms with Gasteiger partial charge in [-0.3, -0.25) is 19.7 Å². The molecule has 0 aliphatic heterocycles. The van der Waals surface area contributed by atoms with Gasteiger partial charge in [0.1, 0.15) is 11.1 Å². The lowest BCUT2D eigenvalue weighted by Crippen LogP contribution is -2.46. The highest BCUT2D eigenvalue weighted by atomic mass is 35.5. The number of nitrogens with zero attached hydrogens (tertiary/aromatic N) is 1. The van der Waals surface area contributed by atoms with E-state index in [1.165, 1.54) is 23.9 Å². The van der Waals surface area contributed by atoms with Crippen molar-refractivity contribution in [2.24, 2.45) is 0 Å². The minimum atomic E-state index is -0.788. The summed E-state index contributed by atoms with van der Waals surface area (Å²) < 4.78 is 0. The van der Waals surface area contributed by atoms with E-state index in [0.29, 0.717) is 17.2 Å². The van der Waals surface area contributed by atoms with Gasteiger partial charge in [0.25, 0.3) is 11.6 Å². The highest BCUT2D eigenvalue weighted by molar-refractivity contribution is 7.98. The van der Waals surface area contributed by atoms with Gasteiger partial charge in [0, 0.05) is 23.2 Å². The molecule has 154 valence electrons. The van der Waals surface area contributed by atoms with Crippen molar-refractivity contribution in [3.63, 3.8) is 0 Å². The molecule has 0 fully saturated rings. The van der Waals surface area contributed by atoms with Crippen molar-refractivity contribution in [3.05, 3.63) is 73.8 Å². The molecule has 0 aliphatic rings. The average Bonchev–Trinajstić information content (AvgIpc) is 2.69. The number of rotatable bonds is 9. The molecule has 0 saturated heterocycles. The fourth-order valence-corrected chi connectivity index (χ4v) is 3.37. The van der Waals surface area contributed by atoms with Crippen LogP contribution in [0.3, 0.4) is 0 Å². The largest absolute Gasteiger partial charge is 0.350 e. The molecule has 0 aliphatic carbocycles. The van der Waals surface area contributed by atoms with Crippen molar-refractivity contribution < 1.29 is 14.5 Å². The maximum absolute atomic E-state index is 12.6. The third-order valence-corrected chi connectivity index (χ3v) is 5.19. The van der Waals surface area contributed by atoms with Crippen molar-refractivity contribution >= 4 is 52.5 Å². The molecule has 0 saturated carbocycles. The number of benzene rings is 2. The van der Waals surface area contributed by atoms with E-state index in [0.717, 1.165) is 11.6 Å². The molecule has 7 nitrogen and oxygen atoms in total. The maximum atomic E-state index is 12.6. The van der Waals surface area contributed by atoms with Crippen LogP contribution >= 0.6 is 35.0 Å². The number of carbonyl (C=O) groups is 2. The third-order valence-electron chi connectivity index (χ3n) is 3.99. The van der Waals surface area contributed by atoms with Gasteiger partial charge in [0.05, 0.1) is 4.92 Å². The van der Waals surface area contributed by atoms with E-state index in [2.05, 4.69) is 10.6 Å². The van der Waals surface area contributed by atoms with Crippen LogP contribution in [-0.4, -0.2) is 34.8 Å². The standard InChI is InChI=1S/C19H19Cl2N3O4S/c1-29-8-7-16(19(26)22-11-12-3-2-4-14(20)9-12)23-18(25)13-5-6-15(21)17(10-13)24(27)28/h2-6,9-10,16H,7-8,11H2,1H3,(H,22,26)(H,23,25)/t16-/m1/s1. The highest BCUT2D eigenvalue weighted by Crippen LogP contribution is 2.25. The van der Waals surface area contributed by atoms with Gasteiger partial charge in [-0.1, -0.05) is 35.3 Å². The van der Waals surface area contributed by atoms with Gasteiger partial charge in [-0.25, -0.2) is 0 Å². The van der Waals surface area contributed by atoms with Crippen LogP contribution in [-0.2, 0) is 11.3 Å². The first-order valence-corrected chi connectivity index (χ1v) is 10.7. The Hall–Kier alpha value is -2.29. The molecule has 2 amide bonds. The Labute approximate surface area is 182 Å². The predicted molar refractivity (Wildman–Crippen MR) is 116 cm³/mol. The smallest absolute Gasteiger partial charge is 0.288 e. The number of hydrogen-bond acceptors (Lipinski definition) is 5. The summed E-state index contributed by atoms with van der Waals surface area (Å²) >= 11 is 13.3. The molecule has 0 aromatic heterocycles. The molecule has 2 aromatic rings. The second kappa shape index (κ2) is 11.0. The van der Waals surface area contributed by atoms with Crippen LogP contribution in [0.25, 0.3) is 0 Å². The summed E-state index contributed by atoms with van der Waals surface area (Å²) in [6, 6.07) is 10.0. The quantitative estimate of drug-likeness (QED) is 0.438. The van der Waals surface area contributed by atoms with Crippen LogP contribution in [0.15, 0.2) is 42.5 Å². The molecular weight excluding hydrogens is 437 g/mol. The molecule has 29 heavy (non-hydrogen) atoms. The maximum Gasteiger partial charge on any atom is 0.288 e. The molecule has 2 aromatic carbocycles. The van der Waals surface area contributed by atoms with Crippen LogP contribution in [0.4, 0.5) is 5.69 Å². The number of nitro groups is 1. The topological polar surface area (TPSA) is 101 Å².